The molecule has 0 unspecified atom stereocenters. The molecule has 0 aromatic heterocycles. The summed E-state index contributed by atoms with van der Waals surface area (Å²) in [5.41, 5.74) is 3.79. The van der Waals surface area contributed by atoms with Crippen molar-refractivity contribution >= 4 is 0 Å². The number of rotatable bonds is 1. The van der Waals surface area contributed by atoms with E-state index in [1.54, 1.807) is 0 Å². The van der Waals surface area contributed by atoms with Crippen LogP contribution in [-0.4, -0.2) is 11.9 Å². The van der Waals surface area contributed by atoms with Crippen molar-refractivity contribution < 1.29 is 0 Å². The fraction of sp³-hybridized carbons (Fsp3) is 0.455. The van der Waals surface area contributed by atoms with E-state index in [4.69, 9.17) is 0 Å². The van der Waals surface area contributed by atoms with E-state index in [9.17, 15) is 0 Å². The lowest BCUT2D eigenvalue weighted by molar-refractivity contribution is 0.515. The quantitative estimate of drug-likeness (QED) is 0.574. The molecule has 1 aliphatic heterocycles. The Balaban J connectivity index is 3.02. The lowest BCUT2D eigenvalue weighted by Gasteiger charge is -2.28. The number of hydrogen-bond acceptors (Lipinski definition) is 1. The third kappa shape index (κ3) is 1.45. The Labute approximate surface area is 75.1 Å². The maximum atomic E-state index is 3.94. The summed E-state index contributed by atoms with van der Waals surface area (Å²) < 4.78 is 0. The number of nitrogens with zero attached hydrogens (tertiary/aromatic N) is 1. The zero-order valence-corrected chi connectivity index (χ0v) is 8.39. The van der Waals surface area contributed by atoms with Gasteiger partial charge in [0.25, 0.3) is 0 Å². The van der Waals surface area contributed by atoms with Crippen LogP contribution in [-0.2, 0) is 0 Å². The monoisotopic (exact) mass is 163 g/mol. The Hall–Kier alpha value is -0.980. The van der Waals surface area contributed by atoms with E-state index in [1.165, 1.54) is 11.3 Å². The second-order valence-corrected chi connectivity index (χ2v) is 3.58. The first-order valence-corrected chi connectivity index (χ1v) is 4.35. The Kier molecular flexibility index (Phi) is 2.41. The summed E-state index contributed by atoms with van der Waals surface area (Å²) in [7, 11) is 2.06. The van der Waals surface area contributed by atoms with Crippen LogP contribution in [0.2, 0.25) is 0 Å². The highest BCUT2D eigenvalue weighted by Crippen LogP contribution is 2.25. The number of allylic oxidation sites excluding steroid dienone is 4. The van der Waals surface area contributed by atoms with Crippen LogP contribution in [0.4, 0.5) is 0 Å². The third-order valence-electron chi connectivity index (χ3n) is 2.43. The van der Waals surface area contributed by atoms with Crippen molar-refractivity contribution in [3.63, 3.8) is 0 Å². The average molecular weight is 163 g/mol. The van der Waals surface area contributed by atoms with Gasteiger partial charge in [0.2, 0.25) is 0 Å². The fourth-order valence-electron chi connectivity index (χ4n) is 1.44. The van der Waals surface area contributed by atoms with E-state index in [0.29, 0.717) is 5.92 Å². The summed E-state index contributed by atoms with van der Waals surface area (Å²) in [5.74, 6) is 0.594. The summed E-state index contributed by atoms with van der Waals surface area (Å²) in [5, 5.41) is 0. The fourth-order valence-corrected chi connectivity index (χ4v) is 1.44. The molecule has 0 spiro atoms. The predicted molar refractivity (Wildman–Crippen MR) is 53.6 cm³/mol. The second-order valence-electron chi connectivity index (χ2n) is 3.58. The van der Waals surface area contributed by atoms with Crippen molar-refractivity contribution in [1.82, 2.24) is 4.90 Å². The molecular formula is C11H17N. The molecule has 0 radical (unpaired) electrons. The molecule has 0 saturated carbocycles. The maximum absolute atomic E-state index is 3.94. The molecule has 1 nitrogen and oxygen atoms in total. The molecule has 0 aromatic carbocycles. The molecule has 0 amide bonds. The Morgan fingerprint density at radius 3 is 2.42 bits per heavy atom. The highest BCUT2D eigenvalue weighted by molar-refractivity contribution is 5.37. The van der Waals surface area contributed by atoms with Gasteiger partial charge < -0.3 is 4.90 Å². The van der Waals surface area contributed by atoms with E-state index in [-0.39, 0.29) is 0 Å². The van der Waals surface area contributed by atoms with Crippen LogP contribution in [0.5, 0.6) is 0 Å². The molecule has 1 aliphatic rings. The van der Waals surface area contributed by atoms with E-state index >= 15 is 0 Å². The standard InChI is InChI=1S/C11H17N/c1-8(2)11-7-6-9(3)12(5)10(11)4/h6-8H,3H2,1-2,4-5H3. The van der Waals surface area contributed by atoms with Gasteiger partial charge in [0.05, 0.1) is 0 Å². The average Bonchev–Trinajstić information content (AvgIpc) is 2.00. The van der Waals surface area contributed by atoms with Gasteiger partial charge in [0, 0.05) is 18.4 Å². The zero-order valence-electron chi connectivity index (χ0n) is 8.39. The van der Waals surface area contributed by atoms with Gasteiger partial charge in [0.1, 0.15) is 0 Å². The molecule has 0 bridgehead atoms. The normalized spacial score (nSPS) is 18.1. The van der Waals surface area contributed by atoms with Gasteiger partial charge in [-0.2, -0.15) is 0 Å². The van der Waals surface area contributed by atoms with E-state index < -0.39 is 0 Å². The third-order valence-corrected chi connectivity index (χ3v) is 2.43. The molecule has 12 heavy (non-hydrogen) atoms. The van der Waals surface area contributed by atoms with E-state index in [0.717, 1.165) is 5.70 Å². The molecule has 66 valence electrons. The second kappa shape index (κ2) is 3.18. The van der Waals surface area contributed by atoms with Crippen LogP contribution in [0.1, 0.15) is 20.8 Å². The van der Waals surface area contributed by atoms with Gasteiger partial charge >= 0.3 is 0 Å². The van der Waals surface area contributed by atoms with Crippen molar-refractivity contribution in [3.05, 3.63) is 35.7 Å². The lowest BCUT2D eigenvalue weighted by atomic mass is 9.97. The minimum Gasteiger partial charge on any atom is -0.349 e. The highest BCUT2D eigenvalue weighted by Gasteiger charge is 2.13. The van der Waals surface area contributed by atoms with Crippen molar-refractivity contribution in [1.29, 1.82) is 0 Å². The Bertz CT molecular complexity index is 256. The summed E-state index contributed by atoms with van der Waals surface area (Å²) in [6, 6.07) is 0. The van der Waals surface area contributed by atoms with Crippen LogP contribution >= 0.6 is 0 Å². The summed E-state index contributed by atoms with van der Waals surface area (Å²) in [6.45, 7) is 10.5. The van der Waals surface area contributed by atoms with Gasteiger partial charge in [-0.05, 0) is 24.5 Å². The van der Waals surface area contributed by atoms with Crippen LogP contribution < -0.4 is 0 Å². The van der Waals surface area contributed by atoms with Crippen LogP contribution in [0.15, 0.2) is 35.7 Å². The van der Waals surface area contributed by atoms with Crippen LogP contribution in [0, 0.1) is 5.92 Å². The van der Waals surface area contributed by atoms with Crippen LogP contribution in [0.3, 0.4) is 0 Å². The van der Waals surface area contributed by atoms with Crippen molar-refractivity contribution in [3.8, 4) is 0 Å². The zero-order chi connectivity index (χ0) is 9.30. The minimum absolute atomic E-state index is 0.594. The van der Waals surface area contributed by atoms with Gasteiger partial charge in [-0.1, -0.05) is 26.5 Å². The molecular weight excluding hydrogens is 146 g/mol. The minimum atomic E-state index is 0.594. The van der Waals surface area contributed by atoms with E-state index in [1.807, 2.05) is 0 Å². The smallest absolute Gasteiger partial charge is 0.0332 e. The lowest BCUT2D eigenvalue weighted by Crippen LogP contribution is -2.19. The van der Waals surface area contributed by atoms with Gasteiger partial charge in [-0.25, -0.2) is 0 Å². The van der Waals surface area contributed by atoms with Gasteiger partial charge in [-0.3, -0.25) is 0 Å². The van der Waals surface area contributed by atoms with Crippen LogP contribution in [0.25, 0.3) is 0 Å². The Morgan fingerprint density at radius 1 is 1.33 bits per heavy atom. The molecule has 0 aliphatic carbocycles. The van der Waals surface area contributed by atoms with E-state index in [2.05, 4.69) is 51.4 Å². The molecule has 0 aromatic rings. The van der Waals surface area contributed by atoms with Gasteiger partial charge in [-0.15, -0.1) is 0 Å². The SMILES string of the molecule is C=C1C=CC(C(C)C)=C(C)N1C. The maximum Gasteiger partial charge on any atom is 0.0332 e. The van der Waals surface area contributed by atoms with Crippen molar-refractivity contribution in [2.75, 3.05) is 7.05 Å². The first-order valence-electron chi connectivity index (χ1n) is 4.35. The van der Waals surface area contributed by atoms with Crippen molar-refractivity contribution in [2.24, 2.45) is 5.92 Å². The molecule has 1 heteroatoms. The highest BCUT2D eigenvalue weighted by atomic mass is 15.1. The first-order chi connectivity index (χ1) is 5.54. The molecule has 0 N–H and O–H groups in total. The molecule has 1 heterocycles. The summed E-state index contributed by atoms with van der Waals surface area (Å²) in [6.07, 6.45) is 4.24. The summed E-state index contributed by atoms with van der Waals surface area (Å²) >= 11 is 0. The largest absolute Gasteiger partial charge is 0.349 e. The molecule has 1 rings (SSSR count). The first kappa shape index (κ1) is 9.11. The predicted octanol–water partition coefficient (Wildman–Crippen LogP) is 2.93. The molecule has 0 saturated heterocycles. The summed E-state index contributed by atoms with van der Waals surface area (Å²) in [4.78, 5) is 2.13. The Morgan fingerprint density at radius 2 is 1.92 bits per heavy atom. The molecule has 0 atom stereocenters. The molecule has 0 fully saturated rings. The van der Waals surface area contributed by atoms with Gasteiger partial charge in [0.15, 0.2) is 0 Å². The van der Waals surface area contributed by atoms with Crippen molar-refractivity contribution in [2.45, 2.75) is 20.8 Å². The topological polar surface area (TPSA) is 3.24 Å². The number of hydrogen-bond donors (Lipinski definition) is 0. The number of likely N-dealkylation sites (N-methyl/N-ethyl adjacent to an activating group) is 1.